The maximum Gasteiger partial charge on any atom is 0.316 e. The van der Waals surface area contributed by atoms with Gasteiger partial charge in [-0.2, -0.15) is 0 Å². The molecule has 0 nitrogen and oxygen atoms in total. The van der Waals surface area contributed by atoms with E-state index in [1.54, 1.807) is 22.3 Å². The van der Waals surface area contributed by atoms with Crippen LogP contribution in [0.3, 0.4) is 0 Å². The SMILES string of the molecule is CCC1=C(C2=C(CC)C=CC2)CC=C1.[MgH2]. The minimum Gasteiger partial charge on any atom is -0.0798 e. The Morgan fingerprint density at radius 3 is 1.60 bits per heavy atom. The molecule has 15 heavy (non-hydrogen) atoms. The van der Waals surface area contributed by atoms with Crippen LogP contribution in [-0.2, 0) is 0 Å². The number of rotatable bonds is 3. The molecular weight excluding hydrogens is 192 g/mol. The molecule has 0 bridgehead atoms. The van der Waals surface area contributed by atoms with E-state index in [-0.39, 0.29) is 23.1 Å². The van der Waals surface area contributed by atoms with Crippen LogP contribution in [0.15, 0.2) is 46.6 Å². The van der Waals surface area contributed by atoms with Crippen molar-refractivity contribution in [1.82, 2.24) is 0 Å². The lowest BCUT2D eigenvalue weighted by atomic mass is 9.95. The molecule has 0 amide bonds. The van der Waals surface area contributed by atoms with E-state index in [4.69, 9.17) is 0 Å². The molecule has 0 aromatic carbocycles. The van der Waals surface area contributed by atoms with Gasteiger partial charge >= 0.3 is 23.1 Å². The molecule has 1 heteroatoms. The van der Waals surface area contributed by atoms with Crippen LogP contribution < -0.4 is 0 Å². The molecule has 0 N–H and O–H groups in total. The van der Waals surface area contributed by atoms with Gasteiger partial charge in [-0.05, 0) is 48.0 Å². The zero-order chi connectivity index (χ0) is 9.97. The van der Waals surface area contributed by atoms with Gasteiger partial charge in [0.05, 0.1) is 0 Å². The van der Waals surface area contributed by atoms with Gasteiger partial charge in [-0.25, -0.2) is 0 Å². The highest BCUT2D eigenvalue weighted by Gasteiger charge is 2.16. The molecule has 0 fully saturated rings. The molecule has 0 aliphatic heterocycles. The summed E-state index contributed by atoms with van der Waals surface area (Å²) in [5, 5.41) is 0. The number of hydrogen-bond acceptors (Lipinski definition) is 0. The third-order valence-corrected chi connectivity index (χ3v) is 3.18. The first-order valence-electron chi connectivity index (χ1n) is 5.64. The molecule has 0 spiro atoms. The Bertz CT molecular complexity index is 318. The van der Waals surface area contributed by atoms with Crippen molar-refractivity contribution in [2.24, 2.45) is 0 Å². The Morgan fingerprint density at radius 2 is 1.27 bits per heavy atom. The van der Waals surface area contributed by atoms with Crippen molar-refractivity contribution in [3.8, 4) is 0 Å². The second-order valence-electron chi connectivity index (χ2n) is 3.93. The fourth-order valence-electron chi connectivity index (χ4n) is 2.40. The second-order valence-corrected chi connectivity index (χ2v) is 3.93. The summed E-state index contributed by atoms with van der Waals surface area (Å²) in [4.78, 5) is 0. The van der Waals surface area contributed by atoms with Gasteiger partial charge in [-0.3, -0.25) is 0 Å². The van der Waals surface area contributed by atoms with E-state index in [1.165, 1.54) is 12.8 Å². The predicted octanol–water partition coefficient (Wildman–Crippen LogP) is 3.40. The van der Waals surface area contributed by atoms with Gasteiger partial charge < -0.3 is 0 Å². The molecule has 0 radical (unpaired) electrons. The third-order valence-electron chi connectivity index (χ3n) is 3.18. The zero-order valence-electron chi connectivity index (χ0n) is 9.14. The van der Waals surface area contributed by atoms with Crippen LogP contribution >= 0.6 is 0 Å². The number of allylic oxidation sites excluding steroid dienone is 8. The fraction of sp³-hybridized carbons (Fsp3) is 0.429. The lowest BCUT2D eigenvalue weighted by Gasteiger charge is -2.10. The van der Waals surface area contributed by atoms with Gasteiger partial charge in [-0.15, -0.1) is 0 Å². The van der Waals surface area contributed by atoms with Crippen molar-refractivity contribution < 1.29 is 0 Å². The van der Waals surface area contributed by atoms with Gasteiger partial charge in [0.25, 0.3) is 0 Å². The quantitative estimate of drug-likeness (QED) is 0.629. The van der Waals surface area contributed by atoms with Crippen molar-refractivity contribution in [3.63, 3.8) is 0 Å². The lowest BCUT2D eigenvalue weighted by Crippen LogP contribution is -1.91. The van der Waals surface area contributed by atoms with Crippen LogP contribution in [0.1, 0.15) is 39.5 Å². The Labute approximate surface area is 109 Å². The average Bonchev–Trinajstić information content (AvgIpc) is 2.85. The third kappa shape index (κ3) is 2.46. The first-order valence-corrected chi connectivity index (χ1v) is 5.64. The summed E-state index contributed by atoms with van der Waals surface area (Å²) in [6, 6.07) is 0. The lowest BCUT2D eigenvalue weighted by molar-refractivity contribution is 1.05. The van der Waals surface area contributed by atoms with Gasteiger partial charge in [-0.1, -0.05) is 38.2 Å². The molecular formula is C14H20Mg. The van der Waals surface area contributed by atoms with Crippen LogP contribution in [-0.4, -0.2) is 23.1 Å². The second kappa shape index (κ2) is 5.71. The Hall–Kier alpha value is -0.274. The van der Waals surface area contributed by atoms with Crippen molar-refractivity contribution in [1.29, 1.82) is 0 Å². The Kier molecular flexibility index (Phi) is 4.87. The van der Waals surface area contributed by atoms with E-state index in [2.05, 4.69) is 38.2 Å². The Balaban J connectivity index is 0.00000112. The summed E-state index contributed by atoms with van der Waals surface area (Å²) in [6.07, 6.45) is 13.9. The first-order chi connectivity index (χ1) is 6.86. The Morgan fingerprint density at radius 1 is 0.867 bits per heavy atom. The predicted molar refractivity (Wildman–Crippen MR) is 70.7 cm³/mol. The topological polar surface area (TPSA) is 0 Å². The highest BCUT2D eigenvalue weighted by molar-refractivity contribution is 5.75. The van der Waals surface area contributed by atoms with Gasteiger partial charge in [0.2, 0.25) is 0 Å². The number of hydrogen-bond donors (Lipinski definition) is 0. The molecule has 0 atom stereocenters. The van der Waals surface area contributed by atoms with Crippen LogP contribution in [0.25, 0.3) is 0 Å². The van der Waals surface area contributed by atoms with Crippen LogP contribution in [0, 0.1) is 0 Å². The van der Waals surface area contributed by atoms with Crippen molar-refractivity contribution in [2.75, 3.05) is 0 Å². The molecule has 2 aliphatic rings. The summed E-state index contributed by atoms with van der Waals surface area (Å²) in [5.41, 5.74) is 6.31. The van der Waals surface area contributed by atoms with Gasteiger partial charge in [0.1, 0.15) is 0 Å². The van der Waals surface area contributed by atoms with Crippen molar-refractivity contribution in [2.45, 2.75) is 39.5 Å². The van der Waals surface area contributed by atoms with Crippen molar-refractivity contribution in [3.05, 3.63) is 46.6 Å². The summed E-state index contributed by atoms with van der Waals surface area (Å²) in [7, 11) is 0. The molecule has 0 heterocycles. The minimum absolute atomic E-state index is 0. The van der Waals surface area contributed by atoms with E-state index in [0.29, 0.717) is 0 Å². The highest BCUT2D eigenvalue weighted by Crippen LogP contribution is 2.35. The molecule has 0 aromatic rings. The zero-order valence-corrected chi connectivity index (χ0v) is 9.14. The van der Waals surface area contributed by atoms with E-state index in [9.17, 15) is 0 Å². The normalized spacial score (nSPS) is 19.1. The molecule has 0 aromatic heterocycles. The van der Waals surface area contributed by atoms with E-state index in [0.717, 1.165) is 12.8 Å². The van der Waals surface area contributed by atoms with Crippen LogP contribution in [0.5, 0.6) is 0 Å². The van der Waals surface area contributed by atoms with E-state index >= 15 is 0 Å². The smallest absolute Gasteiger partial charge is 0.0798 e. The maximum atomic E-state index is 2.30. The standard InChI is InChI=1S/C14H18.Mg.2H/c1-3-11-7-5-9-13(11)14-10-6-8-12(14)4-2;;;/h5-8H,3-4,9-10H2,1-2H3;;;. The van der Waals surface area contributed by atoms with Crippen molar-refractivity contribution >= 4 is 23.1 Å². The van der Waals surface area contributed by atoms with Gasteiger partial charge in [0.15, 0.2) is 0 Å². The first kappa shape index (κ1) is 12.8. The highest BCUT2D eigenvalue weighted by atomic mass is 24.3. The average molecular weight is 213 g/mol. The van der Waals surface area contributed by atoms with Crippen LogP contribution in [0.4, 0.5) is 0 Å². The molecule has 78 valence electrons. The monoisotopic (exact) mass is 212 g/mol. The maximum absolute atomic E-state index is 2.30. The van der Waals surface area contributed by atoms with Crippen LogP contribution in [0.2, 0.25) is 0 Å². The van der Waals surface area contributed by atoms with Gasteiger partial charge in [0, 0.05) is 0 Å². The molecule has 0 saturated heterocycles. The van der Waals surface area contributed by atoms with E-state index in [1.807, 2.05) is 0 Å². The van der Waals surface area contributed by atoms with E-state index < -0.39 is 0 Å². The molecule has 0 saturated carbocycles. The summed E-state index contributed by atoms with van der Waals surface area (Å²) in [6.45, 7) is 4.50. The largest absolute Gasteiger partial charge is 0.316 e. The minimum atomic E-state index is 0. The molecule has 2 rings (SSSR count). The summed E-state index contributed by atoms with van der Waals surface area (Å²) >= 11 is 0. The molecule has 2 aliphatic carbocycles. The molecule has 0 unspecified atom stereocenters. The fourth-order valence-corrected chi connectivity index (χ4v) is 2.40. The summed E-state index contributed by atoms with van der Waals surface area (Å²) < 4.78 is 0. The summed E-state index contributed by atoms with van der Waals surface area (Å²) in [5.74, 6) is 0.